The van der Waals surface area contributed by atoms with Crippen LogP contribution in [0.3, 0.4) is 0 Å². The standard InChI is InChI=1S/C20H21FO3/c1-2-23-19(22)20(21)11-10-16-12-18(9-8-17(16)13-20)24-14-15-6-4-3-5-7-15/h3-9,12H,2,10-11,13-14H2,1H3. The average molecular weight is 328 g/mol. The molecule has 0 aliphatic heterocycles. The van der Waals surface area contributed by atoms with Crippen molar-refractivity contribution >= 4 is 5.97 Å². The highest BCUT2D eigenvalue weighted by Crippen LogP contribution is 2.34. The molecular formula is C20H21FO3. The number of hydrogen-bond acceptors (Lipinski definition) is 3. The molecule has 4 heteroatoms. The van der Waals surface area contributed by atoms with Crippen LogP contribution >= 0.6 is 0 Å². The van der Waals surface area contributed by atoms with E-state index in [9.17, 15) is 9.18 Å². The highest BCUT2D eigenvalue weighted by atomic mass is 19.1. The fourth-order valence-corrected chi connectivity index (χ4v) is 3.00. The molecule has 2 aromatic rings. The van der Waals surface area contributed by atoms with Crippen molar-refractivity contribution in [2.75, 3.05) is 6.61 Å². The fourth-order valence-electron chi connectivity index (χ4n) is 3.00. The molecule has 0 fully saturated rings. The minimum absolute atomic E-state index is 0.0696. The minimum Gasteiger partial charge on any atom is -0.489 e. The third-order valence-electron chi connectivity index (χ3n) is 4.33. The summed E-state index contributed by atoms with van der Waals surface area (Å²) < 4.78 is 25.5. The van der Waals surface area contributed by atoms with E-state index in [-0.39, 0.29) is 19.4 Å². The van der Waals surface area contributed by atoms with Crippen LogP contribution in [0, 0.1) is 0 Å². The number of esters is 1. The Morgan fingerprint density at radius 1 is 1.17 bits per heavy atom. The van der Waals surface area contributed by atoms with Gasteiger partial charge in [-0.15, -0.1) is 0 Å². The molecule has 3 nitrogen and oxygen atoms in total. The van der Waals surface area contributed by atoms with Gasteiger partial charge in [0.1, 0.15) is 12.4 Å². The minimum atomic E-state index is -1.91. The predicted octanol–water partition coefficient (Wildman–Crippen LogP) is 4.03. The van der Waals surface area contributed by atoms with Gasteiger partial charge < -0.3 is 9.47 Å². The van der Waals surface area contributed by atoms with Gasteiger partial charge in [-0.2, -0.15) is 0 Å². The summed E-state index contributed by atoms with van der Waals surface area (Å²) in [6.45, 7) is 2.38. The molecule has 0 saturated heterocycles. The maximum atomic E-state index is 14.8. The third kappa shape index (κ3) is 3.58. The van der Waals surface area contributed by atoms with Crippen molar-refractivity contribution in [3.05, 3.63) is 65.2 Å². The molecule has 126 valence electrons. The first-order valence-corrected chi connectivity index (χ1v) is 8.25. The van der Waals surface area contributed by atoms with E-state index < -0.39 is 11.6 Å². The fraction of sp³-hybridized carbons (Fsp3) is 0.350. The Balaban J connectivity index is 1.68. The van der Waals surface area contributed by atoms with Crippen molar-refractivity contribution in [2.24, 2.45) is 0 Å². The third-order valence-corrected chi connectivity index (χ3v) is 4.33. The number of carbonyl (C=O) groups excluding carboxylic acids is 1. The van der Waals surface area contributed by atoms with Gasteiger partial charge in [-0.05, 0) is 48.6 Å². The zero-order valence-electron chi connectivity index (χ0n) is 13.8. The van der Waals surface area contributed by atoms with E-state index in [1.807, 2.05) is 48.5 Å². The lowest BCUT2D eigenvalue weighted by molar-refractivity contribution is -0.158. The molecule has 1 atom stereocenters. The highest BCUT2D eigenvalue weighted by molar-refractivity contribution is 5.80. The SMILES string of the molecule is CCOC(=O)C1(F)CCc2cc(OCc3ccccc3)ccc2C1. The van der Waals surface area contributed by atoms with Crippen LogP contribution in [0.15, 0.2) is 48.5 Å². The van der Waals surface area contributed by atoms with Crippen LogP contribution < -0.4 is 4.74 Å². The van der Waals surface area contributed by atoms with E-state index in [0.717, 1.165) is 22.4 Å². The summed E-state index contributed by atoms with van der Waals surface area (Å²) in [7, 11) is 0. The Hall–Kier alpha value is -2.36. The molecule has 0 heterocycles. The zero-order valence-corrected chi connectivity index (χ0v) is 13.8. The summed E-state index contributed by atoms with van der Waals surface area (Å²) in [6, 6.07) is 15.6. The molecule has 1 aliphatic rings. The molecule has 0 bridgehead atoms. The van der Waals surface area contributed by atoms with Crippen LogP contribution in [0.2, 0.25) is 0 Å². The molecule has 24 heavy (non-hydrogen) atoms. The summed E-state index contributed by atoms with van der Waals surface area (Å²) in [5.74, 6) is 0.0140. The number of hydrogen-bond donors (Lipinski definition) is 0. The molecule has 0 amide bonds. The molecule has 1 unspecified atom stereocenters. The summed E-state index contributed by atoms with van der Waals surface area (Å²) in [5, 5.41) is 0. The van der Waals surface area contributed by atoms with Gasteiger partial charge in [-0.3, -0.25) is 0 Å². The van der Waals surface area contributed by atoms with Gasteiger partial charge in [0.25, 0.3) is 0 Å². The Bertz CT molecular complexity index is 714. The largest absolute Gasteiger partial charge is 0.489 e. The van der Waals surface area contributed by atoms with Gasteiger partial charge >= 0.3 is 5.97 Å². The molecule has 0 spiro atoms. The topological polar surface area (TPSA) is 35.5 Å². The zero-order chi connectivity index (χ0) is 17.0. The van der Waals surface area contributed by atoms with Gasteiger partial charge in [0.15, 0.2) is 0 Å². The first kappa shape index (κ1) is 16.5. The molecule has 0 saturated carbocycles. The first-order chi connectivity index (χ1) is 11.6. The van der Waals surface area contributed by atoms with Crippen LogP contribution in [0.1, 0.15) is 30.0 Å². The van der Waals surface area contributed by atoms with Crippen molar-refractivity contribution in [3.63, 3.8) is 0 Å². The molecule has 0 N–H and O–H groups in total. The summed E-state index contributed by atoms with van der Waals surface area (Å²) in [4.78, 5) is 11.8. The highest BCUT2D eigenvalue weighted by Gasteiger charge is 2.43. The second-order valence-electron chi connectivity index (χ2n) is 6.07. The normalized spacial score (nSPS) is 19.4. The number of halogens is 1. The number of alkyl halides is 1. The number of carbonyl (C=O) groups is 1. The molecule has 1 aliphatic carbocycles. The van der Waals surface area contributed by atoms with E-state index in [1.54, 1.807) is 6.92 Å². The number of aryl methyl sites for hydroxylation is 1. The van der Waals surface area contributed by atoms with E-state index in [4.69, 9.17) is 9.47 Å². The Labute approximate surface area is 141 Å². The lowest BCUT2D eigenvalue weighted by Gasteiger charge is -2.29. The van der Waals surface area contributed by atoms with Crippen molar-refractivity contribution in [3.8, 4) is 5.75 Å². The second kappa shape index (κ2) is 7.04. The lowest BCUT2D eigenvalue weighted by atomic mass is 9.81. The van der Waals surface area contributed by atoms with Gasteiger partial charge in [-0.25, -0.2) is 9.18 Å². The smallest absolute Gasteiger partial charge is 0.344 e. The van der Waals surface area contributed by atoms with Crippen molar-refractivity contribution in [1.82, 2.24) is 0 Å². The average Bonchev–Trinajstić information content (AvgIpc) is 2.61. The van der Waals surface area contributed by atoms with Crippen LogP contribution in [-0.4, -0.2) is 18.2 Å². The number of fused-ring (bicyclic) bond motifs is 1. The predicted molar refractivity (Wildman–Crippen MR) is 89.7 cm³/mol. The van der Waals surface area contributed by atoms with E-state index in [0.29, 0.717) is 13.0 Å². The van der Waals surface area contributed by atoms with Crippen LogP contribution in [0.5, 0.6) is 5.75 Å². The van der Waals surface area contributed by atoms with E-state index >= 15 is 0 Å². The Kier molecular flexibility index (Phi) is 4.84. The van der Waals surface area contributed by atoms with Crippen LogP contribution in [-0.2, 0) is 29.0 Å². The van der Waals surface area contributed by atoms with Gasteiger partial charge in [0.05, 0.1) is 6.61 Å². The molecule has 2 aromatic carbocycles. The maximum Gasteiger partial charge on any atom is 0.344 e. The monoisotopic (exact) mass is 328 g/mol. The quantitative estimate of drug-likeness (QED) is 0.778. The van der Waals surface area contributed by atoms with Gasteiger partial charge in [0, 0.05) is 6.42 Å². The van der Waals surface area contributed by atoms with Crippen molar-refractivity contribution < 1.29 is 18.7 Å². The molecule has 0 radical (unpaired) electrons. The van der Waals surface area contributed by atoms with Gasteiger partial charge in [-0.1, -0.05) is 36.4 Å². The van der Waals surface area contributed by atoms with Crippen molar-refractivity contribution in [2.45, 2.75) is 38.5 Å². The number of benzene rings is 2. The number of rotatable bonds is 5. The maximum absolute atomic E-state index is 14.8. The van der Waals surface area contributed by atoms with Crippen molar-refractivity contribution in [1.29, 1.82) is 0 Å². The second-order valence-corrected chi connectivity index (χ2v) is 6.07. The summed E-state index contributed by atoms with van der Waals surface area (Å²) in [6.07, 6.45) is 0.730. The molecule has 0 aromatic heterocycles. The lowest BCUT2D eigenvalue weighted by Crippen LogP contribution is -2.41. The Morgan fingerprint density at radius 3 is 2.71 bits per heavy atom. The van der Waals surface area contributed by atoms with Gasteiger partial charge in [0.2, 0.25) is 5.67 Å². The Morgan fingerprint density at radius 2 is 1.96 bits per heavy atom. The summed E-state index contributed by atoms with van der Waals surface area (Å²) >= 11 is 0. The summed E-state index contributed by atoms with van der Waals surface area (Å²) in [5.41, 5.74) is 1.08. The van der Waals surface area contributed by atoms with Crippen LogP contribution in [0.25, 0.3) is 0 Å². The van der Waals surface area contributed by atoms with Crippen LogP contribution in [0.4, 0.5) is 4.39 Å². The van der Waals surface area contributed by atoms with E-state index in [1.165, 1.54) is 0 Å². The number of ether oxygens (including phenoxy) is 2. The first-order valence-electron chi connectivity index (χ1n) is 8.25. The van der Waals surface area contributed by atoms with E-state index in [2.05, 4.69) is 0 Å². The molecular weight excluding hydrogens is 307 g/mol. The molecule has 3 rings (SSSR count).